The Kier molecular flexibility index (Phi) is 3.74. The predicted octanol–water partition coefficient (Wildman–Crippen LogP) is 3.83. The fourth-order valence-electron chi connectivity index (χ4n) is 2.67. The summed E-state index contributed by atoms with van der Waals surface area (Å²) in [5.41, 5.74) is 2.34. The van der Waals surface area contributed by atoms with Gasteiger partial charge in [-0.1, -0.05) is 35.9 Å². The van der Waals surface area contributed by atoms with E-state index in [1.54, 1.807) is 24.3 Å². The third kappa shape index (κ3) is 2.76. The van der Waals surface area contributed by atoms with E-state index in [-0.39, 0.29) is 18.5 Å². The summed E-state index contributed by atoms with van der Waals surface area (Å²) in [6, 6.07) is 7.65. The molecule has 1 fully saturated rings. The van der Waals surface area contributed by atoms with Crippen molar-refractivity contribution < 1.29 is 18.0 Å². The van der Waals surface area contributed by atoms with Crippen molar-refractivity contribution in [3.8, 4) is 0 Å². The Balaban J connectivity index is 2.06. The summed E-state index contributed by atoms with van der Waals surface area (Å²) >= 11 is 6.04. The lowest BCUT2D eigenvalue weighted by Gasteiger charge is -2.29. The molecule has 0 aromatic heterocycles. The molecule has 3 nitrogen and oxygen atoms in total. The monoisotopic (exact) mass is 328 g/mol. The highest BCUT2D eigenvalue weighted by Gasteiger charge is 2.46. The number of nitrogens with zero attached hydrogens (tertiary/aromatic N) is 1. The number of hydrazine groups is 1. The van der Waals surface area contributed by atoms with Crippen LogP contribution < -0.4 is 5.43 Å². The van der Waals surface area contributed by atoms with E-state index >= 15 is 0 Å². The van der Waals surface area contributed by atoms with Gasteiger partial charge in [-0.25, -0.2) is 5.01 Å². The largest absolute Gasteiger partial charge is 0.409 e. The molecule has 1 heterocycles. The van der Waals surface area contributed by atoms with Crippen LogP contribution in [0.2, 0.25) is 5.02 Å². The van der Waals surface area contributed by atoms with Crippen molar-refractivity contribution in [2.75, 3.05) is 6.54 Å². The van der Waals surface area contributed by atoms with Crippen LogP contribution >= 0.6 is 11.6 Å². The van der Waals surface area contributed by atoms with Crippen molar-refractivity contribution >= 4 is 28.3 Å². The molecule has 1 N–H and O–H groups in total. The smallest absolute Gasteiger partial charge is 0.288 e. The molecule has 0 saturated carbocycles. The van der Waals surface area contributed by atoms with Gasteiger partial charge in [-0.2, -0.15) is 13.2 Å². The minimum absolute atomic E-state index is 0.0244. The second-order valence-electron chi connectivity index (χ2n) is 5.14. The molecular formula is C15H12ClF3N2O. The van der Waals surface area contributed by atoms with Crippen LogP contribution in [0.3, 0.4) is 0 Å². The first kappa shape index (κ1) is 15.1. The number of hydrogen-bond acceptors (Lipinski definition) is 2. The number of benzene rings is 2. The van der Waals surface area contributed by atoms with Crippen LogP contribution in [0.1, 0.15) is 18.0 Å². The third-order valence-corrected chi connectivity index (χ3v) is 3.97. The molecule has 2 aromatic carbocycles. The maximum absolute atomic E-state index is 13.4. The number of amides is 1. The van der Waals surface area contributed by atoms with E-state index in [9.17, 15) is 18.0 Å². The third-order valence-electron chi connectivity index (χ3n) is 3.64. The summed E-state index contributed by atoms with van der Waals surface area (Å²) in [7, 11) is 0. The van der Waals surface area contributed by atoms with Gasteiger partial charge in [0.2, 0.25) is 5.91 Å². The average Bonchev–Trinajstić information content (AvgIpc) is 2.83. The van der Waals surface area contributed by atoms with Crippen molar-refractivity contribution in [3.63, 3.8) is 0 Å². The van der Waals surface area contributed by atoms with Crippen molar-refractivity contribution in [2.45, 2.75) is 18.6 Å². The Hall–Kier alpha value is -1.79. The standard InChI is InChI=1S/C15H12ClF3N2O/c16-12-3-1-2-9-8-10(4-5-11(9)12)14(15(17,18)19)21-7-6-13(22)20-21/h1-5,8,14H,6-7H2,(H,20,22). The molecule has 116 valence electrons. The lowest BCUT2D eigenvalue weighted by atomic mass is 10.0. The van der Waals surface area contributed by atoms with E-state index in [0.717, 1.165) is 5.01 Å². The number of carbonyl (C=O) groups is 1. The van der Waals surface area contributed by atoms with Gasteiger partial charge in [0.1, 0.15) is 6.04 Å². The zero-order chi connectivity index (χ0) is 15.9. The molecule has 1 aliphatic rings. The molecule has 1 unspecified atom stereocenters. The average molecular weight is 329 g/mol. The van der Waals surface area contributed by atoms with Crippen molar-refractivity contribution in [3.05, 3.63) is 47.0 Å². The lowest BCUT2D eigenvalue weighted by molar-refractivity contribution is -0.191. The van der Waals surface area contributed by atoms with Crippen LogP contribution in [0.15, 0.2) is 36.4 Å². The molecule has 1 aliphatic heterocycles. The van der Waals surface area contributed by atoms with E-state index in [4.69, 9.17) is 11.6 Å². The normalized spacial score (nSPS) is 17.7. The Morgan fingerprint density at radius 2 is 2.00 bits per heavy atom. The van der Waals surface area contributed by atoms with Crippen LogP contribution in [0, 0.1) is 0 Å². The molecular weight excluding hydrogens is 317 g/mol. The second-order valence-corrected chi connectivity index (χ2v) is 5.55. The van der Waals surface area contributed by atoms with Gasteiger partial charge in [-0.3, -0.25) is 10.2 Å². The lowest BCUT2D eigenvalue weighted by Crippen LogP contribution is -2.43. The molecule has 0 radical (unpaired) electrons. The quantitative estimate of drug-likeness (QED) is 0.908. The SMILES string of the molecule is O=C1CCN(C(c2ccc3c(Cl)cccc3c2)C(F)(F)F)N1. The number of fused-ring (bicyclic) bond motifs is 1. The van der Waals surface area contributed by atoms with E-state index < -0.39 is 18.1 Å². The maximum Gasteiger partial charge on any atom is 0.409 e. The van der Waals surface area contributed by atoms with Crippen LogP contribution in [-0.4, -0.2) is 23.6 Å². The highest BCUT2D eigenvalue weighted by Crippen LogP contribution is 2.39. The Labute approximate surface area is 129 Å². The number of alkyl halides is 3. The van der Waals surface area contributed by atoms with Crippen LogP contribution in [0.25, 0.3) is 10.8 Å². The predicted molar refractivity (Wildman–Crippen MR) is 77.2 cm³/mol. The first-order valence-corrected chi connectivity index (χ1v) is 7.05. The number of nitrogens with one attached hydrogen (secondary N) is 1. The summed E-state index contributed by atoms with van der Waals surface area (Å²) in [6.07, 6.45) is -4.43. The van der Waals surface area contributed by atoms with Gasteiger partial charge in [-0.05, 0) is 23.1 Å². The number of hydrogen-bond donors (Lipinski definition) is 1. The molecule has 3 rings (SSSR count). The highest BCUT2D eigenvalue weighted by atomic mass is 35.5. The summed E-state index contributed by atoms with van der Waals surface area (Å²) in [6.45, 7) is 0.0244. The molecule has 1 atom stereocenters. The van der Waals surface area contributed by atoms with Crippen LogP contribution in [0.4, 0.5) is 13.2 Å². The zero-order valence-electron chi connectivity index (χ0n) is 11.3. The number of carbonyl (C=O) groups excluding carboxylic acids is 1. The van der Waals surface area contributed by atoms with Gasteiger partial charge in [0.15, 0.2) is 0 Å². The molecule has 2 aromatic rings. The topological polar surface area (TPSA) is 32.3 Å². The number of halogens is 4. The molecule has 0 spiro atoms. The van der Waals surface area contributed by atoms with Crippen molar-refractivity contribution in [2.24, 2.45) is 0 Å². The van der Waals surface area contributed by atoms with Gasteiger partial charge in [0, 0.05) is 23.4 Å². The molecule has 0 aliphatic carbocycles. The summed E-state index contributed by atoms with van der Waals surface area (Å²) < 4.78 is 40.3. The van der Waals surface area contributed by atoms with E-state index in [1.165, 1.54) is 12.1 Å². The van der Waals surface area contributed by atoms with E-state index in [2.05, 4.69) is 5.43 Å². The molecule has 1 amide bonds. The Bertz CT molecular complexity index is 732. The highest BCUT2D eigenvalue weighted by molar-refractivity contribution is 6.35. The molecule has 1 saturated heterocycles. The first-order chi connectivity index (χ1) is 10.4. The van der Waals surface area contributed by atoms with Gasteiger partial charge in [0.25, 0.3) is 0 Å². The van der Waals surface area contributed by atoms with E-state index in [1.807, 2.05) is 0 Å². The Morgan fingerprint density at radius 3 is 2.64 bits per heavy atom. The maximum atomic E-state index is 13.4. The summed E-state index contributed by atoms with van der Waals surface area (Å²) in [5.74, 6) is -0.405. The van der Waals surface area contributed by atoms with Crippen LogP contribution in [0.5, 0.6) is 0 Å². The molecule has 0 bridgehead atoms. The molecule has 22 heavy (non-hydrogen) atoms. The first-order valence-electron chi connectivity index (χ1n) is 6.67. The summed E-state index contributed by atoms with van der Waals surface area (Å²) in [5, 5.41) is 2.75. The van der Waals surface area contributed by atoms with Gasteiger partial charge >= 0.3 is 6.18 Å². The van der Waals surface area contributed by atoms with Gasteiger partial charge < -0.3 is 0 Å². The van der Waals surface area contributed by atoms with Crippen LogP contribution in [-0.2, 0) is 4.79 Å². The minimum atomic E-state index is -4.50. The van der Waals surface area contributed by atoms with Gasteiger partial charge in [0.05, 0.1) is 0 Å². The second kappa shape index (κ2) is 5.44. The Morgan fingerprint density at radius 1 is 1.23 bits per heavy atom. The minimum Gasteiger partial charge on any atom is -0.288 e. The van der Waals surface area contributed by atoms with Crippen molar-refractivity contribution in [1.29, 1.82) is 0 Å². The summed E-state index contributed by atoms with van der Waals surface area (Å²) in [4.78, 5) is 11.2. The van der Waals surface area contributed by atoms with Gasteiger partial charge in [-0.15, -0.1) is 0 Å². The van der Waals surface area contributed by atoms with Crippen molar-refractivity contribution in [1.82, 2.24) is 10.4 Å². The molecule has 7 heteroatoms. The zero-order valence-corrected chi connectivity index (χ0v) is 12.1. The fourth-order valence-corrected chi connectivity index (χ4v) is 2.91. The van der Waals surface area contributed by atoms with E-state index in [0.29, 0.717) is 15.8 Å². The number of rotatable bonds is 2. The fraction of sp³-hybridized carbons (Fsp3) is 0.267.